The second-order valence-electron chi connectivity index (χ2n) is 15.1. The highest BCUT2D eigenvalue weighted by molar-refractivity contribution is 6.27. The zero-order chi connectivity index (χ0) is 38.2. The molecule has 0 aliphatic carbocycles. The molecule has 9 aromatic carbocycles. The summed E-state index contributed by atoms with van der Waals surface area (Å²) >= 11 is 0. The lowest BCUT2D eigenvalue weighted by Gasteiger charge is -2.14. The van der Waals surface area contributed by atoms with Crippen molar-refractivity contribution in [3.63, 3.8) is 0 Å². The molecule has 0 fully saturated rings. The second kappa shape index (κ2) is 12.9. The molecular weight excluding hydrogens is 705 g/mol. The minimum absolute atomic E-state index is 0.879. The molecule has 0 atom stereocenters. The van der Waals surface area contributed by atoms with Crippen LogP contribution in [0.4, 0.5) is 0 Å². The van der Waals surface area contributed by atoms with E-state index in [1.807, 2.05) is 6.07 Å². The Hall–Kier alpha value is -7.75. The van der Waals surface area contributed by atoms with Gasteiger partial charge in [0.15, 0.2) is 0 Å². The van der Waals surface area contributed by atoms with E-state index in [0.717, 1.165) is 72.3 Å². The number of rotatable bonds is 6. The Kier molecular flexibility index (Phi) is 7.23. The molecule has 0 saturated carbocycles. The molecule has 0 amide bonds. The van der Waals surface area contributed by atoms with Crippen LogP contribution in [0.3, 0.4) is 0 Å². The molecule has 0 N–H and O–H groups in total. The zero-order valence-corrected chi connectivity index (χ0v) is 31.4. The van der Waals surface area contributed by atoms with E-state index >= 15 is 0 Å². The Labute approximate surface area is 335 Å². The third-order valence-electron chi connectivity index (χ3n) is 11.8. The molecule has 58 heavy (non-hydrogen) atoms. The number of furan rings is 1. The standard InChI is InChI=1S/C55H34N2O/c1-3-11-35(12-4-1)37-21-23-39(24-22-37)42-33-48(40-27-25-38(26-28-40)36-13-5-2-6-14-36)56-52(34-42)57-49-19-9-15-41-29-30-45-43(31-32-50(57)54(45)53(41)49)46-17-10-18-47-44-16-7-8-20-51(44)58-55(46)47/h1-34H. The summed E-state index contributed by atoms with van der Waals surface area (Å²) in [7, 11) is 0. The van der Waals surface area contributed by atoms with Crippen molar-refractivity contribution in [2.45, 2.75) is 0 Å². The third-order valence-corrected chi connectivity index (χ3v) is 11.8. The molecule has 0 radical (unpaired) electrons. The molecule has 12 rings (SSSR count). The van der Waals surface area contributed by atoms with Crippen LogP contribution >= 0.6 is 0 Å². The summed E-state index contributed by atoms with van der Waals surface area (Å²) in [5, 5.41) is 7.13. The second-order valence-corrected chi connectivity index (χ2v) is 15.1. The molecule has 12 aromatic rings. The summed E-state index contributed by atoms with van der Waals surface area (Å²) in [6.45, 7) is 0. The minimum Gasteiger partial charge on any atom is -0.455 e. The monoisotopic (exact) mass is 738 g/mol. The SMILES string of the molecule is c1ccc(-c2ccc(-c3cc(-c4ccc(-c5ccccc5)cc4)nc(-n4c5cccc6ccc7c(-c8cccc9c8oc8ccccc89)ccc4c7c65)c3)cc2)cc1. The third kappa shape index (κ3) is 5.11. The van der Waals surface area contributed by atoms with Crippen molar-refractivity contribution < 1.29 is 4.42 Å². The van der Waals surface area contributed by atoms with E-state index < -0.39 is 0 Å². The molecule has 0 spiro atoms. The first-order valence-electron chi connectivity index (χ1n) is 19.8. The first kappa shape index (κ1) is 32.5. The van der Waals surface area contributed by atoms with Gasteiger partial charge in [0.05, 0.1) is 16.7 Å². The molecule has 0 bridgehead atoms. The fraction of sp³-hybridized carbons (Fsp3) is 0. The summed E-state index contributed by atoms with van der Waals surface area (Å²) < 4.78 is 8.92. The lowest BCUT2D eigenvalue weighted by atomic mass is 9.94. The van der Waals surface area contributed by atoms with Crippen LogP contribution in [0.2, 0.25) is 0 Å². The van der Waals surface area contributed by atoms with E-state index in [1.165, 1.54) is 43.8 Å². The first-order valence-corrected chi connectivity index (χ1v) is 19.8. The Morgan fingerprint density at radius 2 is 0.966 bits per heavy atom. The molecule has 3 aromatic heterocycles. The Morgan fingerprint density at radius 3 is 1.71 bits per heavy atom. The lowest BCUT2D eigenvalue weighted by Crippen LogP contribution is -2.00. The van der Waals surface area contributed by atoms with E-state index in [2.05, 4.69) is 205 Å². The molecular formula is C55H34N2O. The topological polar surface area (TPSA) is 31.0 Å². The Bertz CT molecular complexity index is 3370. The van der Waals surface area contributed by atoms with Crippen LogP contribution in [0.25, 0.3) is 116 Å². The van der Waals surface area contributed by atoms with Crippen molar-refractivity contribution in [2.24, 2.45) is 0 Å². The summed E-state index contributed by atoms with van der Waals surface area (Å²) in [6.07, 6.45) is 0. The number of fused-ring (bicyclic) bond motifs is 3. The number of hydrogen-bond acceptors (Lipinski definition) is 2. The quantitative estimate of drug-likeness (QED) is 0.159. The summed E-state index contributed by atoms with van der Waals surface area (Å²) in [4.78, 5) is 5.49. The summed E-state index contributed by atoms with van der Waals surface area (Å²) in [6, 6.07) is 73.7. The van der Waals surface area contributed by atoms with Crippen molar-refractivity contribution in [1.29, 1.82) is 0 Å². The molecule has 0 unspecified atom stereocenters. The molecule has 3 nitrogen and oxygen atoms in total. The number of para-hydroxylation sites is 2. The van der Waals surface area contributed by atoms with Crippen LogP contribution in [0.1, 0.15) is 0 Å². The number of nitrogens with zero attached hydrogens (tertiary/aromatic N) is 2. The van der Waals surface area contributed by atoms with Gasteiger partial charge in [0.2, 0.25) is 0 Å². The highest BCUT2D eigenvalue weighted by Crippen LogP contribution is 2.45. The van der Waals surface area contributed by atoms with Gasteiger partial charge >= 0.3 is 0 Å². The van der Waals surface area contributed by atoms with Crippen molar-refractivity contribution in [3.05, 3.63) is 206 Å². The van der Waals surface area contributed by atoms with Crippen LogP contribution in [0, 0.1) is 0 Å². The normalized spacial score (nSPS) is 11.8. The van der Waals surface area contributed by atoms with Gasteiger partial charge in [-0.2, -0.15) is 0 Å². The average Bonchev–Trinajstić information content (AvgIpc) is 3.86. The minimum atomic E-state index is 0.879. The fourth-order valence-corrected chi connectivity index (χ4v) is 9.02. The van der Waals surface area contributed by atoms with Crippen LogP contribution in [0.15, 0.2) is 211 Å². The molecule has 0 aliphatic heterocycles. The smallest absolute Gasteiger partial charge is 0.143 e. The maximum Gasteiger partial charge on any atom is 0.143 e. The van der Waals surface area contributed by atoms with Gasteiger partial charge in [0.25, 0.3) is 0 Å². The van der Waals surface area contributed by atoms with Crippen molar-refractivity contribution in [3.8, 4) is 61.6 Å². The largest absolute Gasteiger partial charge is 0.455 e. The van der Waals surface area contributed by atoms with Gasteiger partial charge in [-0.15, -0.1) is 0 Å². The van der Waals surface area contributed by atoms with Gasteiger partial charge in [-0.1, -0.05) is 176 Å². The number of aromatic nitrogens is 2. The molecule has 0 aliphatic rings. The predicted molar refractivity (Wildman–Crippen MR) is 242 cm³/mol. The first-order chi connectivity index (χ1) is 28.7. The van der Waals surface area contributed by atoms with Gasteiger partial charge in [-0.05, 0) is 80.0 Å². The Balaban J connectivity index is 1.07. The van der Waals surface area contributed by atoms with Crippen LogP contribution in [-0.2, 0) is 0 Å². The van der Waals surface area contributed by atoms with Crippen LogP contribution in [-0.4, -0.2) is 9.55 Å². The summed E-state index contributed by atoms with van der Waals surface area (Å²) in [5.41, 5.74) is 15.3. The maximum absolute atomic E-state index is 6.56. The number of benzene rings is 9. The van der Waals surface area contributed by atoms with E-state index in [1.54, 1.807) is 0 Å². The highest BCUT2D eigenvalue weighted by atomic mass is 16.3. The van der Waals surface area contributed by atoms with Gasteiger partial charge in [0, 0.05) is 32.7 Å². The molecule has 3 heterocycles. The van der Waals surface area contributed by atoms with E-state index in [4.69, 9.17) is 9.40 Å². The van der Waals surface area contributed by atoms with E-state index in [0.29, 0.717) is 0 Å². The van der Waals surface area contributed by atoms with Crippen molar-refractivity contribution in [2.75, 3.05) is 0 Å². The molecule has 3 heteroatoms. The van der Waals surface area contributed by atoms with E-state index in [-0.39, 0.29) is 0 Å². The van der Waals surface area contributed by atoms with Gasteiger partial charge in [-0.25, -0.2) is 4.98 Å². The van der Waals surface area contributed by atoms with Gasteiger partial charge in [0.1, 0.15) is 17.0 Å². The van der Waals surface area contributed by atoms with Gasteiger partial charge < -0.3 is 4.42 Å². The van der Waals surface area contributed by atoms with Crippen LogP contribution in [0.5, 0.6) is 0 Å². The predicted octanol–water partition coefficient (Wildman–Crippen LogP) is 15.0. The Morgan fingerprint density at radius 1 is 0.362 bits per heavy atom. The zero-order valence-electron chi connectivity index (χ0n) is 31.4. The molecule has 270 valence electrons. The van der Waals surface area contributed by atoms with Crippen molar-refractivity contribution in [1.82, 2.24) is 9.55 Å². The maximum atomic E-state index is 6.56. The van der Waals surface area contributed by atoms with Crippen molar-refractivity contribution >= 4 is 54.5 Å². The van der Waals surface area contributed by atoms with E-state index in [9.17, 15) is 0 Å². The fourth-order valence-electron chi connectivity index (χ4n) is 9.02. The van der Waals surface area contributed by atoms with Crippen LogP contribution < -0.4 is 0 Å². The van der Waals surface area contributed by atoms with Gasteiger partial charge in [-0.3, -0.25) is 4.57 Å². The average molecular weight is 739 g/mol. The molecule has 0 saturated heterocycles. The lowest BCUT2D eigenvalue weighted by molar-refractivity contribution is 0.670. The number of pyridine rings is 1. The summed E-state index contributed by atoms with van der Waals surface area (Å²) in [5.74, 6) is 0.879. The number of hydrogen-bond donors (Lipinski definition) is 0. The highest BCUT2D eigenvalue weighted by Gasteiger charge is 2.22.